The van der Waals surface area contributed by atoms with E-state index < -0.39 is 0 Å². The first-order chi connectivity index (χ1) is 9.28. The van der Waals surface area contributed by atoms with Crippen LogP contribution in [-0.2, 0) is 12.3 Å². The monoisotopic (exact) mass is 292 g/mol. The molecule has 2 heterocycles. The molecule has 0 atom stereocenters. The van der Waals surface area contributed by atoms with Gasteiger partial charge in [0.05, 0.1) is 5.75 Å². The van der Waals surface area contributed by atoms with Crippen LogP contribution in [0, 0.1) is 4.77 Å². The summed E-state index contributed by atoms with van der Waals surface area (Å²) in [6.45, 7) is 2.90. The minimum atomic E-state index is 0.679. The summed E-state index contributed by atoms with van der Waals surface area (Å²) in [5.74, 6) is 1.73. The smallest absolute Gasteiger partial charge is 0.304 e. The van der Waals surface area contributed by atoms with Gasteiger partial charge in [-0.25, -0.2) is 9.97 Å². The Hall–Kier alpha value is -1.60. The van der Waals surface area contributed by atoms with E-state index in [1.54, 1.807) is 11.8 Å². The van der Waals surface area contributed by atoms with Gasteiger partial charge in [-0.3, -0.25) is 5.10 Å². The van der Waals surface area contributed by atoms with Crippen molar-refractivity contribution < 1.29 is 4.98 Å². The predicted molar refractivity (Wildman–Crippen MR) is 77.5 cm³/mol. The fourth-order valence-corrected chi connectivity index (χ4v) is 3.11. The van der Waals surface area contributed by atoms with Gasteiger partial charge in [0, 0.05) is 6.54 Å². The summed E-state index contributed by atoms with van der Waals surface area (Å²) in [6.07, 6.45) is 0. The molecular formula is C12H14N5S2+. The van der Waals surface area contributed by atoms with E-state index in [0.29, 0.717) is 4.77 Å². The van der Waals surface area contributed by atoms with Gasteiger partial charge in [0.25, 0.3) is 0 Å². The summed E-state index contributed by atoms with van der Waals surface area (Å²) in [7, 11) is 0. The Balaban J connectivity index is 1.80. The zero-order valence-corrected chi connectivity index (χ0v) is 12.1. The first kappa shape index (κ1) is 12.4. The van der Waals surface area contributed by atoms with E-state index in [4.69, 9.17) is 12.2 Å². The molecule has 3 aromatic rings. The fraction of sp³-hybridized carbons (Fsp3) is 0.250. The van der Waals surface area contributed by atoms with Crippen LogP contribution in [0.2, 0.25) is 0 Å². The van der Waals surface area contributed by atoms with Gasteiger partial charge in [0.2, 0.25) is 0 Å². The number of aromatic amines is 3. The molecule has 0 aliphatic rings. The number of hydrogen-bond acceptors (Lipinski definition) is 3. The predicted octanol–water partition coefficient (Wildman–Crippen LogP) is 2.55. The summed E-state index contributed by atoms with van der Waals surface area (Å²) in [5, 5.41) is 8.11. The third-order valence-corrected chi connectivity index (χ3v) is 4.13. The van der Waals surface area contributed by atoms with Crippen LogP contribution in [0.5, 0.6) is 0 Å². The van der Waals surface area contributed by atoms with Crippen molar-refractivity contribution in [3.63, 3.8) is 0 Å². The molecule has 0 amide bonds. The van der Waals surface area contributed by atoms with Crippen LogP contribution >= 0.6 is 24.0 Å². The standard InChI is InChI=1S/C12H13N5S2/c1-2-17-10(15-16-12(17)18)7-19-11-13-8-5-3-4-6-9(8)14-11/h3-6H,2,7H2,1H3,(H,13,14)(H,16,18)/p+1. The number of aromatic nitrogens is 5. The first-order valence-corrected chi connectivity index (χ1v) is 7.44. The Morgan fingerprint density at radius 1 is 1.42 bits per heavy atom. The zero-order chi connectivity index (χ0) is 13.2. The van der Waals surface area contributed by atoms with Crippen LogP contribution in [-0.4, -0.2) is 19.7 Å². The third kappa shape index (κ3) is 2.43. The van der Waals surface area contributed by atoms with Crippen molar-refractivity contribution in [3.05, 3.63) is 34.9 Å². The molecule has 3 rings (SSSR count). The lowest BCUT2D eigenvalue weighted by molar-refractivity contribution is -0.396. The van der Waals surface area contributed by atoms with E-state index >= 15 is 0 Å². The molecule has 98 valence electrons. The van der Waals surface area contributed by atoms with E-state index in [1.165, 1.54) is 0 Å². The maximum atomic E-state index is 5.18. The molecule has 5 nitrogen and oxygen atoms in total. The second-order valence-electron chi connectivity index (χ2n) is 4.10. The second kappa shape index (κ2) is 5.18. The first-order valence-electron chi connectivity index (χ1n) is 6.05. The van der Waals surface area contributed by atoms with Crippen LogP contribution in [0.25, 0.3) is 11.0 Å². The number of rotatable bonds is 4. The number of para-hydroxylation sites is 2. The van der Waals surface area contributed by atoms with Crippen LogP contribution in [0.15, 0.2) is 29.4 Å². The molecule has 3 N–H and O–H groups in total. The highest BCUT2D eigenvalue weighted by atomic mass is 32.2. The Labute approximate surface area is 119 Å². The van der Waals surface area contributed by atoms with Gasteiger partial charge in [-0.1, -0.05) is 12.1 Å². The summed E-state index contributed by atoms with van der Waals surface area (Å²) in [6, 6.07) is 8.14. The highest BCUT2D eigenvalue weighted by molar-refractivity contribution is 7.98. The average Bonchev–Trinajstić information content (AvgIpc) is 2.99. The van der Waals surface area contributed by atoms with Gasteiger partial charge >= 0.3 is 5.16 Å². The molecule has 0 radical (unpaired) electrons. The van der Waals surface area contributed by atoms with Crippen molar-refractivity contribution in [1.82, 2.24) is 19.7 Å². The largest absolute Gasteiger partial charge is 0.314 e. The van der Waals surface area contributed by atoms with E-state index in [1.807, 2.05) is 16.7 Å². The molecule has 0 aliphatic heterocycles. The molecule has 0 spiro atoms. The molecule has 7 heteroatoms. The normalized spacial score (nSPS) is 11.2. The van der Waals surface area contributed by atoms with Crippen molar-refractivity contribution in [2.45, 2.75) is 24.4 Å². The van der Waals surface area contributed by atoms with Gasteiger partial charge in [-0.15, -0.1) is 0 Å². The number of H-pyrrole nitrogens is 3. The maximum Gasteiger partial charge on any atom is 0.314 e. The van der Waals surface area contributed by atoms with Crippen LogP contribution in [0.1, 0.15) is 12.7 Å². The number of nitrogens with one attached hydrogen (secondary N) is 3. The lowest BCUT2D eigenvalue weighted by Crippen LogP contribution is -2.04. The summed E-state index contributed by atoms with van der Waals surface area (Å²) in [4.78, 5) is 6.69. The molecular weight excluding hydrogens is 278 g/mol. The molecule has 0 saturated carbocycles. The SMILES string of the molecule is CCn1c(CSc2[nH]c3ccccc3[nH+]2)n[nH]c1=S. The van der Waals surface area contributed by atoms with Crippen LogP contribution in [0.3, 0.4) is 0 Å². The topological polar surface area (TPSA) is 63.5 Å². The number of nitrogens with zero attached hydrogens (tertiary/aromatic N) is 2. The van der Waals surface area contributed by atoms with E-state index in [2.05, 4.69) is 39.2 Å². The number of imidazole rings is 1. The van der Waals surface area contributed by atoms with E-state index in [0.717, 1.165) is 34.3 Å². The number of fused-ring (bicyclic) bond motifs is 1. The Bertz CT molecular complexity index is 722. The lowest BCUT2D eigenvalue weighted by Gasteiger charge is -1.99. The average molecular weight is 292 g/mol. The Kier molecular flexibility index (Phi) is 3.39. The minimum absolute atomic E-state index is 0.679. The molecule has 0 aliphatic carbocycles. The number of benzene rings is 1. The van der Waals surface area contributed by atoms with Crippen molar-refractivity contribution in [2.75, 3.05) is 0 Å². The van der Waals surface area contributed by atoms with Gasteiger partial charge < -0.3 is 4.57 Å². The fourth-order valence-electron chi connectivity index (χ4n) is 1.97. The van der Waals surface area contributed by atoms with Crippen molar-refractivity contribution >= 4 is 35.0 Å². The van der Waals surface area contributed by atoms with Crippen LogP contribution in [0.4, 0.5) is 0 Å². The van der Waals surface area contributed by atoms with E-state index in [9.17, 15) is 0 Å². The van der Waals surface area contributed by atoms with Gasteiger partial charge in [0.15, 0.2) is 15.8 Å². The van der Waals surface area contributed by atoms with Crippen LogP contribution < -0.4 is 4.98 Å². The highest BCUT2D eigenvalue weighted by Crippen LogP contribution is 2.19. The van der Waals surface area contributed by atoms with Crippen molar-refractivity contribution in [3.8, 4) is 0 Å². The number of hydrogen-bond donors (Lipinski definition) is 2. The molecule has 1 aromatic carbocycles. The summed E-state index contributed by atoms with van der Waals surface area (Å²) in [5.41, 5.74) is 2.22. The molecule has 19 heavy (non-hydrogen) atoms. The second-order valence-corrected chi connectivity index (χ2v) is 5.47. The summed E-state index contributed by atoms with van der Waals surface area (Å²) >= 11 is 6.86. The Morgan fingerprint density at radius 2 is 2.26 bits per heavy atom. The van der Waals surface area contributed by atoms with Crippen molar-refractivity contribution in [2.24, 2.45) is 0 Å². The molecule has 0 bridgehead atoms. The van der Waals surface area contributed by atoms with E-state index in [-0.39, 0.29) is 0 Å². The zero-order valence-electron chi connectivity index (χ0n) is 10.4. The molecule has 0 unspecified atom stereocenters. The van der Waals surface area contributed by atoms with Gasteiger partial charge in [-0.05, 0) is 43.0 Å². The quantitative estimate of drug-likeness (QED) is 0.574. The van der Waals surface area contributed by atoms with Crippen molar-refractivity contribution in [1.29, 1.82) is 0 Å². The number of thioether (sulfide) groups is 1. The molecule has 2 aromatic heterocycles. The Morgan fingerprint density at radius 3 is 3.05 bits per heavy atom. The van der Waals surface area contributed by atoms with Gasteiger partial charge in [-0.2, -0.15) is 5.10 Å². The molecule has 0 saturated heterocycles. The summed E-state index contributed by atoms with van der Waals surface area (Å²) < 4.78 is 2.68. The molecule has 0 fully saturated rings. The third-order valence-electron chi connectivity index (χ3n) is 2.92. The highest BCUT2D eigenvalue weighted by Gasteiger charge is 2.12. The lowest BCUT2D eigenvalue weighted by atomic mass is 10.3. The van der Waals surface area contributed by atoms with Gasteiger partial charge in [0.1, 0.15) is 5.82 Å². The minimum Gasteiger partial charge on any atom is -0.304 e. The maximum absolute atomic E-state index is 5.18.